The van der Waals surface area contributed by atoms with Gasteiger partial charge >= 0.3 is 18.2 Å². The molecule has 0 bridgehead atoms. The number of fused-ring (bicyclic) bond motifs is 1. The number of carbonyl (C=O) groups excluding carboxylic acids is 1. The third-order valence-electron chi connectivity index (χ3n) is 9.01. The molecule has 50 heavy (non-hydrogen) atoms. The maximum Gasteiger partial charge on any atom is 0.416 e. The third kappa shape index (κ3) is 8.09. The predicted octanol–water partition coefficient (Wildman–Crippen LogP) is 5.60. The summed E-state index contributed by atoms with van der Waals surface area (Å²) >= 11 is 0. The van der Waals surface area contributed by atoms with Crippen molar-refractivity contribution in [3.63, 3.8) is 0 Å². The van der Waals surface area contributed by atoms with Crippen molar-refractivity contribution < 1.29 is 42.1 Å². The van der Waals surface area contributed by atoms with Crippen molar-refractivity contribution in [3.05, 3.63) is 76.4 Å². The summed E-state index contributed by atoms with van der Waals surface area (Å²) in [5, 5.41) is 18.4. The van der Waals surface area contributed by atoms with Crippen LogP contribution < -0.4 is 20.3 Å². The molecular formula is C35H39F3N6O6. The Morgan fingerprint density at radius 3 is 2.58 bits per heavy atom. The average Bonchev–Trinajstić information content (AvgIpc) is 3.10. The van der Waals surface area contributed by atoms with E-state index in [1.807, 2.05) is 17.9 Å². The second kappa shape index (κ2) is 15.3. The summed E-state index contributed by atoms with van der Waals surface area (Å²) in [6, 6.07) is 10.3. The fraction of sp³-hybridized carbons (Fsp3) is 0.457. The lowest BCUT2D eigenvalue weighted by molar-refractivity contribution is -0.138. The largest absolute Gasteiger partial charge is 0.497 e. The van der Waals surface area contributed by atoms with E-state index in [1.165, 1.54) is 18.1 Å². The Balaban J connectivity index is 1.57. The van der Waals surface area contributed by atoms with E-state index in [9.17, 15) is 28.0 Å². The number of methoxy groups -OCH3 is 1. The molecule has 3 heterocycles. The number of carboxylic acid groups (broad SMARTS) is 1. The Morgan fingerprint density at radius 1 is 1.16 bits per heavy atom. The van der Waals surface area contributed by atoms with Crippen molar-refractivity contribution in [2.24, 2.45) is 5.73 Å². The molecule has 2 aliphatic rings. The number of amides is 1. The van der Waals surface area contributed by atoms with Gasteiger partial charge in [0.05, 0.1) is 67.4 Å². The number of halogens is 3. The average molecular weight is 697 g/mol. The molecule has 15 heteroatoms. The van der Waals surface area contributed by atoms with Crippen LogP contribution in [0, 0.1) is 11.3 Å². The summed E-state index contributed by atoms with van der Waals surface area (Å²) < 4.78 is 58.0. The van der Waals surface area contributed by atoms with Crippen molar-refractivity contribution in [1.82, 2.24) is 9.97 Å². The van der Waals surface area contributed by atoms with Crippen LogP contribution in [0.5, 0.6) is 5.75 Å². The van der Waals surface area contributed by atoms with Crippen LogP contribution in [0.1, 0.15) is 78.7 Å². The molecule has 1 saturated heterocycles. The minimum absolute atomic E-state index is 0.00977. The van der Waals surface area contributed by atoms with Gasteiger partial charge in [0.1, 0.15) is 17.2 Å². The molecule has 1 fully saturated rings. The van der Waals surface area contributed by atoms with E-state index >= 15 is 0 Å². The number of nitriles is 1. The van der Waals surface area contributed by atoms with Crippen molar-refractivity contribution in [2.75, 3.05) is 49.8 Å². The second-order valence-corrected chi connectivity index (χ2v) is 12.3. The van der Waals surface area contributed by atoms with Gasteiger partial charge in [0.2, 0.25) is 0 Å². The first-order valence-electron chi connectivity index (χ1n) is 16.3. The van der Waals surface area contributed by atoms with Crippen LogP contribution in [-0.2, 0) is 26.9 Å². The van der Waals surface area contributed by atoms with Crippen LogP contribution in [0.15, 0.2) is 42.6 Å². The number of nitrogens with zero attached hydrogens (tertiary/aromatic N) is 5. The standard InChI is InChI=1S/C35H39F3N6O6/c1-3-34(40)19-27(26-18-25(48-2)7-8-29(26)44(34)33(47)50-11-5-4-6-31(45)46)32-41-21-30(43-9-12-49-13-10-43)28(42-32)17-22-14-23(20-39)16-24(15-22)35(36,37)38/h7-8,14-16,18,21,27H,3-6,9-13,17,19,40H2,1-2H3,(H,45,46)/t27-,34+/m0/s1. The summed E-state index contributed by atoms with van der Waals surface area (Å²) in [5.41, 5.74) is 7.16. The van der Waals surface area contributed by atoms with Crippen LogP contribution in [-0.4, -0.2) is 72.8 Å². The molecule has 266 valence electrons. The van der Waals surface area contributed by atoms with Gasteiger partial charge in [0.25, 0.3) is 0 Å². The van der Waals surface area contributed by atoms with E-state index in [-0.39, 0.29) is 37.0 Å². The molecule has 0 spiro atoms. The van der Waals surface area contributed by atoms with Crippen molar-refractivity contribution in [2.45, 2.75) is 63.2 Å². The number of ether oxygens (including phenoxy) is 3. The van der Waals surface area contributed by atoms with E-state index in [0.29, 0.717) is 79.8 Å². The Bertz CT molecular complexity index is 1760. The third-order valence-corrected chi connectivity index (χ3v) is 9.01. The number of benzene rings is 2. The molecule has 2 aliphatic heterocycles. The van der Waals surface area contributed by atoms with E-state index in [2.05, 4.69) is 0 Å². The molecule has 3 N–H and O–H groups in total. The molecule has 1 amide bonds. The molecule has 0 saturated carbocycles. The Kier molecular flexibility index (Phi) is 11.1. The number of nitrogens with two attached hydrogens (primary N) is 1. The van der Waals surface area contributed by atoms with Crippen LogP contribution in [0.4, 0.5) is 29.3 Å². The van der Waals surface area contributed by atoms with Crippen LogP contribution in [0.25, 0.3) is 0 Å². The maximum atomic E-state index is 13.8. The fourth-order valence-corrected chi connectivity index (χ4v) is 6.36. The first-order valence-corrected chi connectivity index (χ1v) is 16.3. The smallest absolute Gasteiger partial charge is 0.416 e. The highest BCUT2D eigenvalue weighted by Gasteiger charge is 2.46. The molecule has 0 aliphatic carbocycles. The van der Waals surface area contributed by atoms with Gasteiger partial charge in [-0.15, -0.1) is 0 Å². The SMILES string of the molecule is CC[C@]1(N)C[C@H](c2ncc(N3CCOCC3)c(Cc3cc(C#N)cc(C(F)(F)F)c3)n2)c2cc(OC)ccc2N1C(=O)OCCCCC(=O)O. The number of carbonyl (C=O) groups is 2. The van der Waals surface area contributed by atoms with Gasteiger partial charge in [-0.25, -0.2) is 14.8 Å². The first-order chi connectivity index (χ1) is 23.9. The lowest BCUT2D eigenvalue weighted by Crippen LogP contribution is -2.61. The zero-order valence-electron chi connectivity index (χ0n) is 27.8. The number of rotatable bonds is 11. The number of aromatic nitrogens is 2. The van der Waals surface area contributed by atoms with E-state index < -0.39 is 35.4 Å². The molecule has 2 atom stereocenters. The Hall–Kier alpha value is -4.94. The number of unbranched alkanes of at least 4 members (excludes halogenated alkanes) is 1. The van der Waals surface area contributed by atoms with Gasteiger partial charge in [0, 0.05) is 31.8 Å². The Morgan fingerprint density at radius 2 is 1.92 bits per heavy atom. The fourth-order valence-electron chi connectivity index (χ4n) is 6.36. The van der Waals surface area contributed by atoms with Gasteiger partial charge in [-0.1, -0.05) is 6.92 Å². The highest BCUT2D eigenvalue weighted by atomic mass is 19.4. The number of alkyl halides is 3. The van der Waals surface area contributed by atoms with Crippen molar-refractivity contribution in [1.29, 1.82) is 5.26 Å². The highest BCUT2D eigenvalue weighted by Crippen LogP contribution is 2.47. The summed E-state index contributed by atoms with van der Waals surface area (Å²) in [7, 11) is 1.51. The van der Waals surface area contributed by atoms with Gasteiger partial charge in [-0.3, -0.25) is 9.69 Å². The number of hydrogen-bond donors (Lipinski definition) is 2. The molecule has 1 aromatic heterocycles. The maximum absolute atomic E-state index is 13.8. The molecule has 2 aromatic carbocycles. The molecule has 0 radical (unpaired) electrons. The number of hydrogen-bond acceptors (Lipinski definition) is 10. The zero-order valence-corrected chi connectivity index (χ0v) is 27.8. The normalized spacial score (nSPS) is 19.0. The molecule has 0 unspecified atom stereocenters. The molecular weight excluding hydrogens is 657 g/mol. The summed E-state index contributed by atoms with van der Waals surface area (Å²) in [4.78, 5) is 37.7. The van der Waals surface area contributed by atoms with E-state index in [0.717, 1.165) is 12.1 Å². The molecule has 5 rings (SSSR count). The van der Waals surface area contributed by atoms with Crippen molar-refractivity contribution >= 4 is 23.4 Å². The van der Waals surface area contributed by atoms with Gasteiger partial charge < -0.3 is 30.0 Å². The summed E-state index contributed by atoms with van der Waals surface area (Å²) in [6.45, 7) is 3.82. The summed E-state index contributed by atoms with van der Waals surface area (Å²) in [6.07, 6.45) is -2.52. The second-order valence-electron chi connectivity index (χ2n) is 12.3. The highest BCUT2D eigenvalue weighted by molar-refractivity contribution is 5.91. The predicted molar refractivity (Wildman–Crippen MR) is 176 cm³/mol. The van der Waals surface area contributed by atoms with Crippen LogP contribution in [0.2, 0.25) is 0 Å². The van der Waals surface area contributed by atoms with Crippen LogP contribution >= 0.6 is 0 Å². The summed E-state index contributed by atoms with van der Waals surface area (Å²) in [5.74, 6) is -0.629. The van der Waals surface area contributed by atoms with Gasteiger partial charge in [0.15, 0.2) is 0 Å². The quantitative estimate of drug-likeness (QED) is 0.240. The lowest BCUT2D eigenvalue weighted by Gasteiger charge is -2.46. The molecule has 3 aromatic rings. The topological polar surface area (TPSA) is 164 Å². The van der Waals surface area contributed by atoms with Gasteiger partial charge in [-0.05, 0) is 73.2 Å². The van der Waals surface area contributed by atoms with Gasteiger partial charge in [-0.2, -0.15) is 18.4 Å². The first kappa shape index (κ1) is 36.3. The number of anilines is 2. The number of aliphatic carboxylic acids is 1. The Labute approximate surface area is 287 Å². The minimum atomic E-state index is -4.65. The minimum Gasteiger partial charge on any atom is -0.497 e. The lowest BCUT2D eigenvalue weighted by atomic mass is 9.80. The number of carboxylic acids is 1. The monoisotopic (exact) mass is 696 g/mol. The molecule has 12 nitrogen and oxygen atoms in total. The van der Waals surface area contributed by atoms with E-state index in [4.69, 9.17) is 35.0 Å². The van der Waals surface area contributed by atoms with Crippen LogP contribution in [0.3, 0.4) is 0 Å². The zero-order chi connectivity index (χ0) is 36.1. The van der Waals surface area contributed by atoms with E-state index in [1.54, 1.807) is 24.4 Å². The number of morpholine rings is 1. The van der Waals surface area contributed by atoms with Crippen molar-refractivity contribution in [3.8, 4) is 11.8 Å².